The van der Waals surface area contributed by atoms with Gasteiger partial charge in [0.05, 0.1) is 29.7 Å². The van der Waals surface area contributed by atoms with Crippen molar-refractivity contribution in [2.24, 2.45) is 0 Å². The van der Waals surface area contributed by atoms with Crippen LogP contribution in [0.5, 0.6) is 0 Å². The van der Waals surface area contributed by atoms with Crippen molar-refractivity contribution in [1.82, 2.24) is 4.98 Å². The minimum absolute atomic E-state index is 0.254. The van der Waals surface area contributed by atoms with Crippen molar-refractivity contribution in [2.45, 2.75) is 6.92 Å². The lowest BCUT2D eigenvalue weighted by atomic mass is 10.2. The van der Waals surface area contributed by atoms with Gasteiger partial charge in [0.15, 0.2) is 0 Å². The average Bonchev–Trinajstić information content (AvgIpc) is 2.42. The number of pyridine rings is 1. The second-order valence-electron chi connectivity index (χ2n) is 4.26. The zero-order chi connectivity index (χ0) is 14.7. The number of rotatable bonds is 3. The SMILES string of the molecule is COC(=O)c1cc(N)cnc1Nc1ccc(C)cc1Cl. The van der Waals surface area contributed by atoms with Gasteiger partial charge < -0.3 is 15.8 Å². The third kappa shape index (κ3) is 3.00. The second kappa shape index (κ2) is 5.79. The van der Waals surface area contributed by atoms with E-state index in [-0.39, 0.29) is 5.56 Å². The van der Waals surface area contributed by atoms with Gasteiger partial charge in [-0.1, -0.05) is 17.7 Å². The van der Waals surface area contributed by atoms with Gasteiger partial charge in [-0.25, -0.2) is 9.78 Å². The molecule has 0 atom stereocenters. The highest BCUT2D eigenvalue weighted by atomic mass is 35.5. The average molecular weight is 292 g/mol. The van der Waals surface area contributed by atoms with Crippen LogP contribution in [-0.2, 0) is 4.74 Å². The van der Waals surface area contributed by atoms with Crippen molar-refractivity contribution < 1.29 is 9.53 Å². The van der Waals surface area contributed by atoms with Crippen molar-refractivity contribution in [3.63, 3.8) is 0 Å². The monoisotopic (exact) mass is 291 g/mol. The number of ether oxygens (including phenoxy) is 1. The van der Waals surface area contributed by atoms with Crippen LogP contribution in [0.15, 0.2) is 30.5 Å². The number of nitrogens with zero attached hydrogens (tertiary/aromatic N) is 1. The number of esters is 1. The van der Waals surface area contributed by atoms with E-state index in [1.54, 1.807) is 0 Å². The molecule has 6 heteroatoms. The van der Waals surface area contributed by atoms with Gasteiger partial charge in [-0.05, 0) is 30.7 Å². The molecule has 0 saturated heterocycles. The normalized spacial score (nSPS) is 10.2. The van der Waals surface area contributed by atoms with E-state index in [9.17, 15) is 4.79 Å². The Kier molecular flexibility index (Phi) is 4.10. The van der Waals surface area contributed by atoms with Crippen molar-refractivity contribution in [3.05, 3.63) is 46.6 Å². The number of nitrogen functional groups attached to an aromatic ring is 1. The van der Waals surface area contributed by atoms with Gasteiger partial charge in [-0.3, -0.25) is 0 Å². The van der Waals surface area contributed by atoms with E-state index in [0.717, 1.165) is 5.56 Å². The molecule has 0 aliphatic rings. The molecule has 1 aromatic heterocycles. The van der Waals surface area contributed by atoms with Gasteiger partial charge in [0.2, 0.25) is 0 Å². The molecule has 0 saturated carbocycles. The van der Waals surface area contributed by atoms with Crippen molar-refractivity contribution >= 4 is 34.8 Å². The van der Waals surface area contributed by atoms with Crippen molar-refractivity contribution in [1.29, 1.82) is 0 Å². The summed E-state index contributed by atoms with van der Waals surface area (Å²) in [6.45, 7) is 1.94. The molecule has 104 valence electrons. The van der Waals surface area contributed by atoms with Crippen LogP contribution in [-0.4, -0.2) is 18.1 Å². The van der Waals surface area contributed by atoms with Gasteiger partial charge in [-0.2, -0.15) is 0 Å². The number of halogens is 1. The maximum absolute atomic E-state index is 11.7. The van der Waals surface area contributed by atoms with Crippen LogP contribution in [0.25, 0.3) is 0 Å². The van der Waals surface area contributed by atoms with Crippen LogP contribution < -0.4 is 11.1 Å². The lowest BCUT2D eigenvalue weighted by molar-refractivity contribution is 0.0601. The van der Waals surface area contributed by atoms with E-state index in [1.165, 1.54) is 19.4 Å². The van der Waals surface area contributed by atoms with Gasteiger partial charge in [0.1, 0.15) is 11.4 Å². The highest BCUT2D eigenvalue weighted by Crippen LogP contribution is 2.27. The summed E-state index contributed by atoms with van der Waals surface area (Å²) in [5.41, 5.74) is 7.97. The molecule has 5 nitrogen and oxygen atoms in total. The standard InChI is InChI=1S/C14H14ClN3O2/c1-8-3-4-12(11(15)5-8)18-13-10(14(19)20-2)6-9(16)7-17-13/h3-7H,16H2,1-2H3,(H,17,18). The van der Waals surface area contributed by atoms with Crippen LogP contribution in [0.2, 0.25) is 5.02 Å². The molecule has 0 fully saturated rings. The fourth-order valence-corrected chi connectivity index (χ4v) is 1.98. The first kappa shape index (κ1) is 14.1. The summed E-state index contributed by atoms with van der Waals surface area (Å²) in [6, 6.07) is 7.04. The highest BCUT2D eigenvalue weighted by molar-refractivity contribution is 6.33. The third-order valence-corrected chi connectivity index (χ3v) is 3.00. The highest BCUT2D eigenvalue weighted by Gasteiger charge is 2.15. The number of methoxy groups -OCH3 is 1. The van der Waals surface area contributed by atoms with Gasteiger partial charge in [0.25, 0.3) is 0 Å². The summed E-state index contributed by atoms with van der Waals surface area (Å²) in [6.07, 6.45) is 1.46. The molecule has 0 aliphatic heterocycles. The predicted octanol–water partition coefficient (Wildman–Crippen LogP) is 3.16. The number of benzene rings is 1. The first-order valence-corrected chi connectivity index (χ1v) is 6.26. The summed E-state index contributed by atoms with van der Waals surface area (Å²) in [4.78, 5) is 15.8. The second-order valence-corrected chi connectivity index (χ2v) is 4.67. The Hall–Kier alpha value is -2.27. The zero-order valence-electron chi connectivity index (χ0n) is 11.1. The number of carbonyl (C=O) groups is 1. The lowest BCUT2D eigenvalue weighted by Crippen LogP contribution is -2.08. The molecule has 0 amide bonds. The zero-order valence-corrected chi connectivity index (χ0v) is 11.9. The Morgan fingerprint density at radius 2 is 2.15 bits per heavy atom. The van der Waals surface area contributed by atoms with E-state index in [0.29, 0.717) is 22.2 Å². The van der Waals surface area contributed by atoms with Crippen LogP contribution in [0, 0.1) is 6.92 Å². The Labute approximate surface area is 121 Å². The molecule has 0 spiro atoms. The van der Waals surface area contributed by atoms with E-state index in [2.05, 4.69) is 10.3 Å². The molecule has 3 N–H and O–H groups in total. The molecule has 0 bridgehead atoms. The van der Waals surface area contributed by atoms with E-state index < -0.39 is 5.97 Å². The van der Waals surface area contributed by atoms with Crippen LogP contribution in [0.1, 0.15) is 15.9 Å². The number of anilines is 3. The molecular formula is C14H14ClN3O2. The fraction of sp³-hybridized carbons (Fsp3) is 0.143. The first-order valence-electron chi connectivity index (χ1n) is 5.88. The first-order chi connectivity index (χ1) is 9.51. The Morgan fingerprint density at radius 3 is 2.80 bits per heavy atom. The largest absolute Gasteiger partial charge is 0.465 e. The van der Waals surface area contributed by atoms with Crippen LogP contribution in [0.3, 0.4) is 0 Å². The number of aromatic nitrogens is 1. The Bertz CT molecular complexity index is 659. The summed E-state index contributed by atoms with van der Waals surface area (Å²) < 4.78 is 4.71. The summed E-state index contributed by atoms with van der Waals surface area (Å²) >= 11 is 6.15. The minimum Gasteiger partial charge on any atom is -0.465 e. The Morgan fingerprint density at radius 1 is 1.40 bits per heavy atom. The minimum atomic E-state index is -0.518. The number of nitrogens with two attached hydrogens (primary N) is 1. The summed E-state index contributed by atoms with van der Waals surface area (Å²) in [5, 5.41) is 3.55. The number of aryl methyl sites for hydroxylation is 1. The number of carbonyl (C=O) groups excluding carboxylic acids is 1. The third-order valence-electron chi connectivity index (χ3n) is 2.69. The Balaban J connectivity index is 2.40. The lowest BCUT2D eigenvalue weighted by Gasteiger charge is -2.12. The van der Waals surface area contributed by atoms with Gasteiger partial charge in [0, 0.05) is 0 Å². The van der Waals surface area contributed by atoms with E-state index in [4.69, 9.17) is 22.1 Å². The number of nitrogens with one attached hydrogen (secondary N) is 1. The van der Waals surface area contributed by atoms with Crippen LogP contribution >= 0.6 is 11.6 Å². The van der Waals surface area contributed by atoms with Gasteiger partial charge in [-0.15, -0.1) is 0 Å². The predicted molar refractivity (Wildman–Crippen MR) is 79.5 cm³/mol. The number of hydrogen-bond donors (Lipinski definition) is 2. The topological polar surface area (TPSA) is 77.2 Å². The van der Waals surface area contributed by atoms with Gasteiger partial charge >= 0.3 is 5.97 Å². The quantitative estimate of drug-likeness (QED) is 0.850. The van der Waals surface area contributed by atoms with Crippen molar-refractivity contribution in [2.75, 3.05) is 18.2 Å². The fourth-order valence-electron chi connectivity index (χ4n) is 1.70. The van der Waals surface area contributed by atoms with E-state index >= 15 is 0 Å². The van der Waals surface area contributed by atoms with Crippen LogP contribution in [0.4, 0.5) is 17.2 Å². The molecule has 0 aliphatic carbocycles. The molecule has 1 heterocycles. The molecule has 2 rings (SSSR count). The molecular weight excluding hydrogens is 278 g/mol. The maximum Gasteiger partial charge on any atom is 0.341 e. The maximum atomic E-state index is 11.7. The summed E-state index contributed by atoms with van der Waals surface area (Å²) in [7, 11) is 1.30. The molecule has 0 radical (unpaired) electrons. The number of hydrogen-bond acceptors (Lipinski definition) is 5. The smallest absolute Gasteiger partial charge is 0.341 e. The molecule has 2 aromatic rings. The van der Waals surface area contributed by atoms with E-state index in [1.807, 2.05) is 25.1 Å². The molecule has 20 heavy (non-hydrogen) atoms. The van der Waals surface area contributed by atoms with Crippen molar-refractivity contribution in [3.8, 4) is 0 Å². The summed E-state index contributed by atoms with van der Waals surface area (Å²) in [5.74, 6) is -0.174. The molecule has 1 aromatic carbocycles. The molecule has 0 unspecified atom stereocenters.